The highest BCUT2D eigenvalue weighted by Gasteiger charge is 2.32. The molecule has 92 valence electrons. The second-order valence-electron chi connectivity index (χ2n) is 4.62. The normalized spacial score (nSPS) is 26.4. The van der Waals surface area contributed by atoms with Crippen LogP contribution in [0.1, 0.15) is 12.0 Å². The number of hydrogen-bond acceptors (Lipinski definition) is 4. The van der Waals surface area contributed by atoms with Gasteiger partial charge in [-0.3, -0.25) is 0 Å². The van der Waals surface area contributed by atoms with Crippen LogP contribution in [0.3, 0.4) is 0 Å². The Hall–Kier alpha value is -1.94. The van der Waals surface area contributed by atoms with Gasteiger partial charge < -0.3 is 10.0 Å². The van der Waals surface area contributed by atoms with E-state index in [1.165, 1.54) is 0 Å². The summed E-state index contributed by atoms with van der Waals surface area (Å²) >= 11 is 0. The van der Waals surface area contributed by atoms with E-state index in [0.717, 1.165) is 23.5 Å². The van der Waals surface area contributed by atoms with Gasteiger partial charge in [-0.05, 0) is 11.6 Å². The first-order valence-electron chi connectivity index (χ1n) is 6.05. The van der Waals surface area contributed by atoms with Crippen LogP contribution in [0, 0.1) is 5.92 Å². The highest BCUT2D eigenvalue weighted by atomic mass is 16.3. The molecule has 2 aliphatic rings. The van der Waals surface area contributed by atoms with Crippen molar-refractivity contribution in [3.05, 3.63) is 48.2 Å². The number of nitrogens with zero attached hydrogens (tertiary/aromatic N) is 3. The van der Waals surface area contributed by atoms with Crippen LogP contribution in [0.2, 0.25) is 0 Å². The number of benzene rings is 1. The molecule has 0 saturated carbocycles. The summed E-state index contributed by atoms with van der Waals surface area (Å²) in [7, 11) is 1.93. The predicted octanol–water partition coefficient (Wildman–Crippen LogP) is 1.63. The van der Waals surface area contributed by atoms with Gasteiger partial charge in [-0.25, -0.2) is 0 Å². The molecule has 2 unspecified atom stereocenters. The third kappa shape index (κ3) is 1.84. The van der Waals surface area contributed by atoms with Crippen LogP contribution in [-0.4, -0.2) is 34.7 Å². The van der Waals surface area contributed by atoms with Crippen LogP contribution in [0.5, 0.6) is 0 Å². The zero-order chi connectivity index (χ0) is 12.5. The van der Waals surface area contributed by atoms with E-state index in [4.69, 9.17) is 0 Å². The lowest BCUT2D eigenvalue weighted by Gasteiger charge is -2.33. The molecule has 0 aliphatic carbocycles. The van der Waals surface area contributed by atoms with Crippen molar-refractivity contribution in [2.45, 2.75) is 12.5 Å². The van der Waals surface area contributed by atoms with E-state index in [9.17, 15) is 5.11 Å². The molecule has 1 aromatic rings. The Morgan fingerprint density at radius 1 is 1.22 bits per heavy atom. The van der Waals surface area contributed by atoms with Gasteiger partial charge >= 0.3 is 0 Å². The van der Waals surface area contributed by atoms with Gasteiger partial charge in [0.25, 0.3) is 0 Å². The minimum atomic E-state index is -0.478. The summed E-state index contributed by atoms with van der Waals surface area (Å²) in [5.74, 6) is 0.845. The zero-order valence-electron chi connectivity index (χ0n) is 10.2. The quantitative estimate of drug-likeness (QED) is 0.812. The Balaban J connectivity index is 1.95. The van der Waals surface area contributed by atoms with Gasteiger partial charge in [-0.15, -0.1) is 5.10 Å². The number of amidine groups is 1. The largest absolute Gasteiger partial charge is 0.388 e. The van der Waals surface area contributed by atoms with Crippen molar-refractivity contribution in [2.24, 2.45) is 16.1 Å². The van der Waals surface area contributed by atoms with Crippen molar-refractivity contribution >= 4 is 11.5 Å². The van der Waals surface area contributed by atoms with E-state index in [2.05, 4.69) is 10.2 Å². The summed E-state index contributed by atoms with van der Waals surface area (Å²) in [5, 5.41) is 18.6. The number of fused-ring (bicyclic) bond motifs is 1. The molecule has 0 aromatic heterocycles. The third-order valence-corrected chi connectivity index (χ3v) is 3.41. The standard InChI is InChI=1S/C14H15N3O/c1-17-8-7-13(18)11-9-12(15-16-14(11)17)10-5-3-2-4-6-10/h2-8,11,13,18H,9H2,1H3. The molecule has 1 aromatic carbocycles. The first-order valence-corrected chi connectivity index (χ1v) is 6.05. The number of aliphatic hydroxyl groups excluding tert-OH is 1. The molecule has 0 saturated heterocycles. The minimum Gasteiger partial charge on any atom is -0.388 e. The van der Waals surface area contributed by atoms with Gasteiger partial charge in [-0.1, -0.05) is 30.3 Å². The van der Waals surface area contributed by atoms with Crippen molar-refractivity contribution in [2.75, 3.05) is 7.05 Å². The van der Waals surface area contributed by atoms with Gasteiger partial charge in [-0.2, -0.15) is 5.10 Å². The summed E-state index contributed by atoms with van der Waals surface area (Å²) < 4.78 is 0. The fourth-order valence-electron chi connectivity index (χ4n) is 2.37. The molecule has 3 rings (SSSR count). The Morgan fingerprint density at radius 2 is 2.00 bits per heavy atom. The van der Waals surface area contributed by atoms with Crippen LogP contribution in [-0.2, 0) is 0 Å². The van der Waals surface area contributed by atoms with Crippen molar-refractivity contribution < 1.29 is 5.11 Å². The summed E-state index contributed by atoms with van der Waals surface area (Å²) in [5.41, 5.74) is 2.01. The van der Waals surface area contributed by atoms with Crippen molar-refractivity contribution in [1.29, 1.82) is 0 Å². The molecule has 1 N–H and O–H groups in total. The summed E-state index contributed by atoms with van der Waals surface area (Å²) in [4.78, 5) is 1.92. The number of rotatable bonds is 1. The first-order chi connectivity index (χ1) is 8.75. The minimum absolute atomic E-state index is 0.00714. The molecular weight excluding hydrogens is 226 g/mol. The number of hydrogen-bond donors (Lipinski definition) is 1. The fourth-order valence-corrected chi connectivity index (χ4v) is 2.37. The molecule has 4 nitrogen and oxygen atoms in total. The molecule has 4 heteroatoms. The van der Waals surface area contributed by atoms with Crippen LogP contribution >= 0.6 is 0 Å². The second kappa shape index (κ2) is 4.38. The topological polar surface area (TPSA) is 48.2 Å². The zero-order valence-corrected chi connectivity index (χ0v) is 10.2. The van der Waals surface area contributed by atoms with Crippen LogP contribution in [0.4, 0.5) is 0 Å². The monoisotopic (exact) mass is 241 g/mol. The van der Waals surface area contributed by atoms with E-state index in [0.29, 0.717) is 0 Å². The molecule has 2 atom stereocenters. The maximum atomic E-state index is 10.0. The molecular formula is C14H15N3O. The van der Waals surface area contributed by atoms with Crippen molar-refractivity contribution in [3.8, 4) is 0 Å². The third-order valence-electron chi connectivity index (χ3n) is 3.41. The molecule has 0 fully saturated rings. The Labute approximate surface area is 106 Å². The molecule has 0 spiro atoms. The molecule has 0 radical (unpaired) electrons. The van der Waals surface area contributed by atoms with Crippen LogP contribution in [0.25, 0.3) is 0 Å². The van der Waals surface area contributed by atoms with E-state index in [-0.39, 0.29) is 5.92 Å². The van der Waals surface area contributed by atoms with E-state index in [1.54, 1.807) is 6.08 Å². The Morgan fingerprint density at radius 3 is 2.78 bits per heavy atom. The lowest BCUT2D eigenvalue weighted by Crippen LogP contribution is -2.42. The average molecular weight is 241 g/mol. The van der Waals surface area contributed by atoms with Gasteiger partial charge in [0, 0.05) is 19.7 Å². The van der Waals surface area contributed by atoms with Crippen LogP contribution < -0.4 is 0 Å². The molecule has 18 heavy (non-hydrogen) atoms. The number of aliphatic hydroxyl groups is 1. The summed E-state index contributed by atoms with van der Waals surface area (Å²) in [6.45, 7) is 0. The summed E-state index contributed by atoms with van der Waals surface area (Å²) in [6.07, 6.45) is 3.88. The molecule has 2 heterocycles. The van der Waals surface area contributed by atoms with Crippen molar-refractivity contribution in [1.82, 2.24) is 4.90 Å². The van der Waals surface area contributed by atoms with E-state index in [1.807, 2.05) is 48.5 Å². The van der Waals surface area contributed by atoms with Crippen LogP contribution in [0.15, 0.2) is 52.8 Å². The Bertz CT molecular complexity index is 533. The average Bonchev–Trinajstić information content (AvgIpc) is 2.44. The highest BCUT2D eigenvalue weighted by molar-refractivity contribution is 6.05. The molecule has 0 bridgehead atoms. The molecule has 0 amide bonds. The Kier molecular flexibility index (Phi) is 2.72. The van der Waals surface area contributed by atoms with Gasteiger partial charge in [0.15, 0.2) is 0 Å². The highest BCUT2D eigenvalue weighted by Crippen LogP contribution is 2.25. The van der Waals surface area contributed by atoms with Gasteiger partial charge in [0.05, 0.1) is 17.7 Å². The molecule has 2 aliphatic heterocycles. The smallest absolute Gasteiger partial charge is 0.137 e. The first kappa shape index (κ1) is 11.2. The predicted molar refractivity (Wildman–Crippen MR) is 71.4 cm³/mol. The van der Waals surface area contributed by atoms with E-state index >= 15 is 0 Å². The maximum Gasteiger partial charge on any atom is 0.137 e. The lowest BCUT2D eigenvalue weighted by atomic mass is 9.89. The second-order valence-corrected chi connectivity index (χ2v) is 4.62. The van der Waals surface area contributed by atoms with Gasteiger partial charge in [0.2, 0.25) is 0 Å². The summed E-state index contributed by atoms with van der Waals surface area (Å²) in [6, 6.07) is 10.00. The van der Waals surface area contributed by atoms with E-state index < -0.39 is 6.10 Å². The maximum absolute atomic E-state index is 10.0. The van der Waals surface area contributed by atoms with Crippen molar-refractivity contribution in [3.63, 3.8) is 0 Å². The SMILES string of the molecule is CN1C=CC(O)C2CC(c3ccccc3)=NN=C21. The van der Waals surface area contributed by atoms with Gasteiger partial charge in [0.1, 0.15) is 5.84 Å². The lowest BCUT2D eigenvalue weighted by molar-refractivity contribution is 0.175. The fraction of sp³-hybridized carbons (Fsp3) is 0.286.